The largest absolute Gasteiger partial charge is 0.496 e. The van der Waals surface area contributed by atoms with Gasteiger partial charge < -0.3 is 19.5 Å². The van der Waals surface area contributed by atoms with Crippen LogP contribution in [-0.2, 0) is 4.74 Å². The number of ether oxygens (including phenoxy) is 3. The summed E-state index contributed by atoms with van der Waals surface area (Å²) in [6.45, 7) is 4.42. The summed E-state index contributed by atoms with van der Waals surface area (Å²) < 4.78 is 16.6. The molecule has 1 aromatic carbocycles. The number of hydrogen-bond donors (Lipinski definition) is 1. The molecule has 0 amide bonds. The number of methoxy groups -OCH3 is 2. The van der Waals surface area contributed by atoms with Gasteiger partial charge in [0.05, 0.1) is 26.4 Å². The summed E-state index contributed by atoms with van der Waals surface area (Å²) in [5.74, 6) is 1.66. The molecule has 1 saturated heterocycles. The number of rotatable bonds is 3. The number of aryl methyl sites for hydroxylation is 1. The Balaban J connectivity index is 2.41. The average molecular weight is 237 g/mol. The summed E-state index contributed by atoms with van der Waals surface area (Å²) in [5, 5.41) is 3.31. The van der Waals surface area contributed by atoms with Crippen molar-refractivity contribution in [1.29, 1.82) is 0 Å². The molecule has 17 heavy (non-hydrogen) atoms. The van der Waals surface area contributed by atoms with Crippen LogP contribution in [0.2, 0.25) is 0 Å². The quantitative estimate of drug-likeness (QED) is 0.868. The van der Waals surface area contributed by atoms with E-state index in [-0.39, 0.29) is 6.10 Å². The van der Waals surface area contributed by atoms with Crippen LogP contribution in [0, 0.1) is 6.92 Å². The lowest BCUT2D eigenvalue weighted by atomic mass is 10.0. The lowest BCUT2D eigenvalue weighted by molar-refractivity contribution is 0.0248. The average Bonchev–Trinajstić information content (AvgIpc) is 2.38. The summed E-state index contributed by atoms with van der Waals surface area (Å²) in [7, 11) is 3.35. The third kappa shape index (κ3) is 2.53. The fourth-order valence-electron chi connectivity index (χ4n) is 2.14. The first-order valence-corrected chi connectivity index (χ1v) is 5.81. The molecule has 4 nitrogen and oxygen atoms in total. The Bertz CT molecular complexity index is 361. The van der Waals surface area contributed by atoms with Crippen molar-refractivity contribution in [1.82, 2.24) is 5.32 Å². The molecule has 1 aliphatic rings. The molecule has 4 heteroatoms. The molecule has 2 rings (SSSR count). The molecular weight excluding hydrogens is 218 g/mol. The van der Waals surface area contributed by atoms with Gasteiger partial charge in [-0.15, -0.1) is 0 Å². The Morgan fingerprint density at radius 1 is 1.24 bits per heavy atom. The molecule has 1 aromatic rings. The molecule has 94 valence electrons. The second kappa shape index (κ2) is 5.38. The molecule has 0 spiro atoms. The zero-order valence-corrected chi connectivity index (χ0v) is 10.6. The third-order valence-electron chi connectivity index (χ3n) is 2.94. The van der Waals surface area contributed by atoms with Gasteiger partial charge in [0.2, 0.25) is 0 Å². The monoisotopic (exact) mass is 237 g/mol. The van der Waals surface area contributed by atoms with Crippen LogP contribution >= 0.6 is 0 Å². The van der Waals surface area contributed by atoms with Gasteiger partial charge in [-0.25, -0.2) is 0 Å². The zero-order valence-electron chi connectivity index (χ0n) is 10.6. The van der Waals surface area contributed by atoms with E-state index in [1.807, 2.05) is 19.1 Å². The summed E-state index contributed by atoms with van der Waals surface area (Å²) in [4.78, 5) is 0. The minimum absolute atomic E-state index is 0.00532. The van der Waals surface area contributed by atoms with E-state index in [2.05, 4.69) is 5.32 Å². The van der Waals surface area contributed by atoms with Crippen LogP contribution < -0.4 is 14.8 Å². The van der Waals surface area contributed by atoms with Gasteiger partial charge in [-0.05, 0) is 24.6 Å². The van der Waals surface area contributed by atoms with Gasteiger partial charge >= 0.3 is 0 Å². The van der Waals surface area contributed by atoms with Crippen LogP contribution in [0.3, 0.4) is 0 Å². The predicted octanol–water partition coefficient (Wildman–Crippen LogP) is 1.67. The molecule has 0 bridgehead atoms. The van der Waals surface area contributed by atoms with Crippen LogP contribution in [-0.4, -0.2) is 33.9 Å². The van der Waals surface area contributed by atoms with Gasteiger partial charge in [0.1, 0.15) is 17.6 Å². The van der Waals surface area contributed by atoms with Crippen molar-refractivity contribution in [2.45, 2.75) is 13.0 Å². The summed E-state index contributed by atoms with van der Waals surface area (Å²) >= 11 is 0. The number of hydrogen-bond acceptors (Lipinski definition) is 4. The van der Waals surface area contributed by atoms with Crippen molar-refractivity contribution >= 4 is 0 Å². The molecule has 1 unspecified atom stereocenters. The molecule has 1 heterocycles. The van der Waals surface area contributed by atoms with E-state index < -0.39 is 0 Å². The first kappa shape index (κ1) is 12.2. The first-order valence-electron chi connectivity index (χ1n) is 5.81. The molecular formula is C13H19NO3. The fourth-order valence-corrected chi connectivity index (χ4v) is 2.14. The van der Waals surface area contributed by atoms with Crippen LogP contribution in [0.1, 0.15) is 17.2 Å². The molecule has 0 saturated carbocycles. The van der Waals surface area contributed by atoms with Gasteiger partial charge in [-0.2, -0.15) is 0 Å². The Morgan fingerprint density at radius 3 is 2.35 bits per heavy atom. The number of benzene rings is 1. The van der Waals surface area contributed by atoms with E-state index >= 15 is 0 Å². The Labute approximate surface area is 102 Å². The SMILES string of the molecule is COc1cc(C)cc(OC)c1C1CNCCO1. The van der Waals surface area contributed by atoms with Crippen LogP contribution in [0.25, 0.3) is 0 Å². The van der Waals surface area contributed by atoms with Gasteiger partial charge in [0.15, 0.2) is 0 Å². The van der Waals surface area contributed by atoms with E-state index in [0.29, 0.717) is 6.61 Å². The Hall–Kier alpha value is -1.26. The maximum absolute atomic E-state index is 5.77. The van der Waals surface area contributed by atoms with Gasteiger partial charge in [0.25, 0.3) is 0 Å². The molecule has 1 N–H and O–H groups in total. The van der Waals surface area contributed by atoms with Crippen LogP contribution in [0.4, 0.5) is 0 Å². The lowest BCUT2D eigenvalue weighted by Gasteiger charge is -2.27. The van der Waals surface area contributed by atoms with E-state index in [0.717, 1.165) is 35.7 Å². The third-order valence-corrected chi connectivity index (χ3v) is 2.94. The summed E-state index contributed by atoms with van der Waals surface area (Å²) in [6, 6.07) is 4.02. The van der Waals surface area contributed by atoms with E-state index in [1.165, 1.54) is 0 Å². The van der Waals surface area contributed by atoms with Gasteiger partial charge in [0, 0.05) is 13.1 Å². The summed E-state index contributed by atoms with van der Waals surface area (Å²) in [6.07, 6.45) is -0.00532. The normalized spacial score (nSPS) is 20.1. The fraction of sp³-hybridized carbons (Fsp3) is 0.538. The summed E-state index contributed by atoms with van der Waals surface area (Å²) in [5.41, 5.74) is 2.11. The minimum Gasteiger partial charge on any atom is -0.496 e. The first-order chi connectivity index (χ1) is 8.26. The second-order valence-corrected chi connectivity index (χ2v) is 4.15. The van der Waals surface area contributed by atoms with Crippen molar-refractivity contribution in [3.05, 3.63) is 23.3 Å². The van der Waals surface area contributed by atoms with Crippen LogP contribution in [0.5, 0.6) is 11.5 Å². The topological polar surface area (TPSA) is 39.7 Å². The predicted molar refractivity (Wildman–Crippen MR) is 65.8 cm³/mol. The molecule has 0 aliphatic carbocycles. The van der Waals surface area contributed by atoms with E-state index in [1.54, 1.807) is 14.2 Å². The maximum Gasteiger partial charge on any atom is 0.128 e. The molecule has 1 aliphatic heterocycles. The van der Waals surface area contributed by atoms with Crippen molar-refractivity contribution in [2.24, 2.45) is 0 Å². The highest BCUT2D eigenvalue weighted by molar-refractivity contribution is 5.49. The Morgan fingerprint density at radius 2 is 1.88 bits per heavy atom. The van der Waals surface area contributed by atoms with Gasteiger partial charge in [-0.3, -0.25) is 0 Å². The smallest absolute Gasteiger partial charge is 0.128 e. The van der Waals surface area contributed by atoms with Crippen LogP contribution in [0.15, 0.2) is 12.1 Å². The Kier molecular flexibility index (Phi) is 3.86. The molecule has 1 fully saturated rings. The van der Waals surface area contributed by atoms with Crippen molar-refractivity contribution < 1.29 is 14.2 Å². The molecule has 0 aromatic heterocycles. The maximum atomic E-state index is 5.77. The molecule has 0 radical (unpaired) electrons. The van der Waals surface area contributed by atoms with Crippen molar-refractivity contribution in [3.63, 3.8) is 0 Å². The highest BCUT2D eigenvalue weighted by Gasteiger charge is 2.24. The van der Waals surface area contributed by atoms with E-state index in [4.69, 9.17) is 14.2 Å². The van der Waals surface area contributed by atoms with E-state index in [9.17, 15) is 0 Å². The second-order valence-electron chi connectivity index (χ2n) is 4.15. The highest BCUT2D eigenvalue weighted by atomic mass is 16.5. The van der Waals surface area contributed by atoms with Crippen molar-refractivity contribution in [3.8, 4) is 11.5 Å². The molecule has 1 atom stereocenters. The number of nitrogens with one attached hydrogen (secondary N) is 1. The number of morpholine rings is 1. The minimum atomic E-state index is -0.00532. The standard InChI is InChI=1S/C13H19NO3/c1-9-6-10(15-2)13(11(7-9)16-3)12-8-14-4-5-17-12/h6-7,12,14H,4-5,8H2,1-3H3. The highest BCUT2D eigenvalue weighted by Crippen LogP contribution is 2.37. The van der Waals surface area contributed by atoms with Crippen molar-refractivity contribution in [2.75, 3.05) is 33.9 Å². The lowest BCUT2D eigenvalue weighted by Crippen LogP contribution is -2.33. The van der Waals surface area contributed by atoms with Gasteiger partial charge in [-0.1, -0.05) is 0 Å². The zero-order chi connectivity index (χ0) is 12.3.